The Labute approximate surface area is 144 Å². The van der Waals surface area contributed by atoms with Gasteiger partial charge in [0.2, 0.25) is 10.0 Å². The zero-order valence-corrected chi connectivity index (χ0v) is 15.3. The van der Waals surface area contributed by atoms with Gasteiger partial charge in [0.25, 0.3) is 0 Å². The number of anilines is 1. The molecular formula is C19H24N2O2S. The predicted molar refractivity (Wildman–Crippen MR) is 98.1 cm³/mol. The molecule has 128 valence electrons. The normalized spacial score (nSPS) is 16.4. The van der Waals surface area contributed by atoms with Crippen LogP contribution in [0.4, 0.5) is 5.69 Å². The van der Waals surface area contributed by atoms with E-state index in [9.17, 15) is 8.42 Å². The second-order valence-corrected chi connectivity index (χ2v) is 8.36. The molecule has 0 bridgehead atoms. The van der Waals surface area contributed by atoms with Crippen molar-refractivity contribution >= 4 is 15.7 Å². The molecular weight excluding hydrogens is 320 g/mol. The second-order valence-electron chi connectivity index (χ2n) is 6.42. The van der Waals surface area contributed by atoms with Crippen LogP contribution in [0.3, 0.4) is 0 Å². The summed E-state index contributed by atoms with van der Waals surface area (Å²) in [5.41, 5.74) is 4.81. The molecule has 4 nitrogen and oxygen atoms in total. The molecule has 0 unspecified atom stereocenters. The lowest BCUT2D eigenvalue weighted by Crippen LogP contribution is -2.48. The third-order valence-corrected chi connectivity index (χ3v) is 6.73. The van der Waals surface area contributed by atoms with Crippen molar-refractivity contribution in [2.45, 2.75) is 25.7 Å². The first-order valence-electron chi connectivity index (χ1n) is 8.27. The standard InChI is InChI=1S/C19H24N2O2S/c1-15-7-9-18(10-8-15)24(22,23)21-13-11-20(12-14-21)19-6-4-5-16(2)17(19)3/h4-10H,11-14H2,1-3H3. The lowest BCUT2D eigenvalue weighted by molar-refractivity contribution is 0.384. The Bertz CT molecular complexity index is 821. The monoisotopic (exact) mass is 344 g/mol. The molecule has 2 aromatic rings. The van der Waals surface area contributed by atoms with Crippen molar-refractivity contribution in [1.29, 1.82) is 0 Å². The summed E-state index contributed by atoms with van der Waals surface area (Å²) in [4.78, 5) is 2.66. The van der Waals surface area contributed by atoms with Crippen LogP contribution < -0.4 is 4.90 Å². The van der Waals surface area contributed by atoms with Gasteiger partial charge in [-0.05, 0) is 50.1 Å². The molecule has 0 radical (unpaired) electrons. The van der Waals surface area contributed by atoms with E-state index in [4.69, 9.17) is 0 Å². The molecule has 0 aromatic heterocycles. The van der Waals surface area contributed by atoms with Crippen LogP contribution in [0.25, 0.3) is 0 Å². The van der Waals surface area contributed by atoms with Crippen LogP contribution >= 0.6 is 0 Å². The highest BCUT2D eigenvalue weighted by molar-refractivity contribution is 7.89. The molecule has 2 aromatic carbocycles. The number of aryl methyl sites for hydroxylation is 2. The van der Waals surface area contributed by atoms with Crippen molar-refractivity contribution < 1.29 is 8.42 Å². The van der Waals surface area contributed by atoms with Gasteiger partial charge >= 0.3 is 0 Å². The Morgan fingerprint density at radius 1 is 0.833 bits per heavy atom. The van der Waals surface area contributed by atoms with Gasteiger partial charge in [0.15, 0.2) is 0 Å². The van der Waals surface area contributed by atoms with Gasteiger partial charge in [-0.3, -0.25) is 0 Å². The van der Waals surface area contributed by atoms with Gasteiger partial charge < -0.3 is 4.90 Å². The van der Waals surface area contributed by atoms with Gasteiger partial charge in [0.05, 0.1) is 4.90 Å². The molecule has 0 N–H and O–H groups in total. The van der Waals surface area contributed by atoms with E-state index < -0.39 is 10.0 Å². The topological polar surface area (TPSA) is 40.6 Å². The molecule has 1 fully saturated rings. The number of sulfonamides is 1. The van der Waals surface area contributed by atoms with Crippen molar-refractivity contribution in [2.75, 3.05) is 31.1 Å². The summed E-state index contributed by atoms with van der Waals surface area (Å²) in [6.07, 6.45) is 0. The molecule has 0 atom stereocenters. The molecule has 5 heteroatoms. The van der Waals surface area contributed by atoms with Crippen molar-refractivity contribution in [3.63, 3.8) is 0 Å². The summed E-state index contributed by atoms with van der Waals surface area (Å²) < 4.78 is 27.1. The van der Waals surface area contributed by atoms with Gasteiger partial charge in [0, 0.05) is 31.9 Å². The summed E-state index contributed by atoms with van der Waals surface area (Å²) in [6, 6.07) is 13.4. The molecule has 0 aliphatic carbocycles. The minimum absolute atomic E-state index is 0.383. The minimum atomic E-state index is -3.40. The van der Waals surface area contributed by atoms with E-state index in [1.54, 1.807) is 16.4 Å². The highest BCUT2D eigenvalue weighted by Gasteiger charge is 2.28. The summed E-state index contributed by atoms with van der Waals surface area (Å²) >= 11 is 0. The van der Waals surface area contributed by atoms with Crippen LogP contribution in [-0.2, 0) is 10.0 Å². The first-order chi connectivity index (χ1) is 11.4. The van der Waals surface area contributed by atoms with Gasteiger partial charge in [-0.25, -0.2) is 8.42 Å². The summed E-state index contributed by atoms with van der Waals surface area (Å²) in [5, 5.41) is 0. The zero-order chi connectivity index (χ0) is 17.3. The molecule has 0 saturated carbocycles. The summed E-state index contributed by atoms with van der Waals surface area (Å²) in [7, 11) is -3.40. The number of benzene rings is 2. The Morgan fingerprint density at radius 3 is 2.08 bits per heavy atom. The van der Waals surface area contributed by atoms with E-state index in [0.29, 0.717) is 18.0 Å². The van der Waals surface area contributed by atoms with Gasteiger partial charge in [-0.15, -0.1) is 0 Å². The van der Waals surface area contributed by atoms with E-state index >= 15 is 0 Å². The van der Waals surface area contributed by atoms with Crippen LogP contribution in [0.5, 0.6) is 0 Å². The Morgan fingerprint density at radius 2 is 1.46 bits per heavy atom. The van der Waals surface area contributed by atoms with Gasteiger partial charge in [0.1, 0.15) is 0 Å². The predicted octanol–water partition coefficient (Wildman–Crippen LogP) is 3.12. The molecule has 1 aliphatic rings. The van der Waals surface area contributed by atoms with Crippen molar-refractivity contribution in [3.05, 3.63) is 59.2 Å². The number of piperazine rings is 1. The molecule has 1 heterocycles. The van der Waals surface area contributed by atoms with Crippen molar-refractivity contribution in [2.24, 2.45) is 0 Å². The fourth-order valence-corrected chi connectivity index (χ4v) is 4.53. The van der Waals surface area contributed by atoms with Crippen molar-refractivity contribution in [3.8, 4) is 0 Å². The number of hydrogen-bond donors (Lipinski definition) is 0. The Hall–Kier alpha value is -1.85. The quantitative estimate of drug-likeness (QED) is 0.859. The van der Waals surface area contributed by atoms with Crippen LogP contribution in [-0.4, -0.2) is 38.9 Å². The lowest BCUT2D eigenvalue weighted by Gasteiger charge is -2.36. The molecule has 0 amide bonds. The van der Waals surface area contributed by atoms with E-state index in [1.807, 2.05) is 19.1 Å². The van der Waals surface area contributed by atoms with E-state index in [1.165, 1.54) is 16.8 Å². The lowest BCUT2D eigenvalue weighted by atomic mass is 10.1. The fraction of sp³-hybridized carbons (Fsp3) is 0.368. The average molecular weight is 344 g/mol. The Kier molecular flexibility index (Phi) is 4.65. The minimum Gasteiger partial charge on any atom is -0.369 e. The second kappa shape index (κ2) is 6.57. The smallest absolute Gasteiger partial charge is 0.243 e. The van der Waals surface area contributed by atoms with Crippen LogP contribution in [0.1, 0.15) is 16.7 Å². The maximum Gasteiger partial charge on any atom is 0.243 e. The number of nitrogens with zero attached hydrogens (tertiary/aromatic N) is 2. The first kappa shape index (κ1) is 17.0. The summed E-state index contributed by atoms with van der Waals surface area (Å²) in [6.45, 7) is 8.66. The Balaban J connectivity index is 1.75. The third kappa shape index (κ3) is 3.19. The number of rotatable bonds is 3. The third-order valence-electron chi connectivity index (χ3n) is 4.81. The highest BCUT2D eigenvalue weighted by Crippen LogP contribution is 2.25. The van der Waals surface area contributed by atoms with Gasteiger partial charge in [-0.2, -0.15) is 4.31 Å². The maximum atomic E-state index is 12.8. The summed E-state index contributed by atoms with van der Waals surface area (Å²) in [5.74, 6) is 0. The van der Waals surface area contributed by atoms with E-state index in [0.717, 1.165) is 18.7 Å². The maximum absolute atomic E-state index is 12.8. The van der Waals surface area contributed by atoms with E-state index in [2.05, 4.69) is 36.9 Å². The molecule has 24 heavy (non-hydrogen) atoms. The van der Waals surface area contributed by atoms with E-state index in [-0.39, 0.29) is 0 Å². The highest BCUT2D eigenvalue weighted by atomic mass is 32.2. The van der Waals surface area contributed by atoms with Crippen molar-refractivity contribution in [1.82, 2.24) is 4.31 Å². The number of hydrogen-bond acceptors (Lipinski definition) is 3. The fourth-order valence-electron chi connectivity index (χ4n) is 3.11. The van der Waals surface area contributed by atoms with Crippen LogP contribution in [0.2, 0.25) is 0 Å². The molecule has 1 aliphatic heterocycles. The molecule has 0 spiro atoms. The first-order valence-corrected chi connectivity index (χ1v) is 9.71. The van der Waals surface area contributed by atoms with Crippen LogP contribution in [0.15, 0.2) is 47.4 Å². The largest absolute Gasteiger partial charge is 0.369 e. The SMILES string of the molecule is Cc1ccc(S(=O)(=O)N2CCN(c3cccc(C)c3C)CC2)cc1. The zero-order valence-electron chi connectivity index (χ0n) is 14.5. The molecule has 3 rings (SSSR count). The average Bonchev–Trinajstić information content (AvgIpc) is 2.58. The molecule has 1 saturated heterocycles. The van der Waals surface area contributed by atoms with Crippen LogP contribution in [0, 0.1) is 20.8 Å². The van der Waals surface area contributed by atoms with Gasteiger partial charge in [-0.1, -0.05) is 29.8 Å².